The summed E-state index contributed by atoms with van der Waals surface area (Å²) in [4.78, 5) is 25.0. The first-order valence-corrected chi connectivity index (χ1v) is 8.25. The average molecular weight is 364 g/mol. The predicted octanol–water partition coefficient (Wildman–Crippen LogP) is 1.96. The molecular formula is C16H20N4O4S. The molecule has 2 rings (SSSR count). The largest absolute Gasteiger partial charge is 0.502 e. The van der Waals surface area contributed by atoms with Crippen LogP contribution in [0.5, 0.6) is 5.75 Å². The maximum atomic E-state index is 12.9. The summed E-state index contributed by atoms with van der Waals surface area (Å²) in [5, 5.41) is 27.0. The van der Waals surface area contributed by atoms with E-state index in [0.29, 0.717) is 35.0 Å². The van der Waals surface area contributed by atoms with Gasteiger partial charge in [0, 0.05) is 24.9 Å². The molecule has 0 saturated heterocycles. The Bertz CT molecular complexity index is 759. The van der Waals surface area contributed by atoms with Gasteiger partial charge in [-0.2, -0.15) is 0 Å². The quantitative estimate of drug-likeness (QED) is 0.416. The van der Waals surface area contributed by atoms with Crippen LogP contribution in [0.3, 0.4) is 0 Å². The third-order valence-corrected chi connectivity index (χ3v) is 4.30. The van der Waals surface area contributed by atoms with Crippen LogP contribution < -0.4 is 10.6 Å². The summed E-state index contributed by atoms with van der Waals surface area (Å²) in [6.07, 6.45) is 0. The van der Waals surface area contributed by atoms with Crippen LogP contribution in [-0.4, -0.2) is 39.0 Å². The summed E-state index contributed by atoms with van der Waals surface area (Å²) in [7, 11) is 0. The van der Waals surface area contributed by atoms with Gasteiger partial charge in [-0.3, -0.25) is 14.9 Å². The fourth-order valence-corrected chi connectivity index (χ4v) is 3.05. The summed E-state index contributed by atoms with van der Waals surface area (Å²) in [5.41, 5.74) is 1.10. The molecule has 9 heteroatoms. The molecule has 0 saturated carbocycles. The van der Waals surface area contributed by atoms with Gasteiger partial charge in [-0.1, -0.05) is 6.07 Å². The van der Waals surface area contributed by atoms with Crippen molar-refractivity contribution in [3.8, 4) is 5.75 Å². The van der Waals surface area contributed by atoms with Crippen molar-refractivity contribution >= 4 is 28.9 Å². The lowest BCUT2D eigenvalue weighted by Crippen LogP contribution is -2.47. The second-order valence-electron chi connectivity index (χ2n) is 5.55. The summed E-state index contributed by atoms with van der Waals surface area (Å²) in [6.45, 7) is 6.59. The number of nitrogens with one attached hydrogen (secondary N) is 2. The van der Waals surface area contributed by atoms with Crippen molar-refractivity contribution in [2.45, 2.75) is 26.8 Å². The third kappa shape index (κ3) is 3.71. The maximum absolute atomic E-state index is 12.9. The first-order valence-electron chi connectivity index (χ1n) is 7.84. The molecule has 0 fully saturated rings. The van der Waals surface area contributed by atoms with E-state index in [0.717, 1.165) is 0 Å². The van der Waals surface area contributed by atoms with Crippen LogP contribution in [0, 0.1) is 10.1 Å². The van der Waals surface area contributed by atoms with Crippen LogP contribution in [0.4, 0.5) is 5.69 Å². The van der Waals surface area contributed by atoms with Crippen molar-refractivity contribution in [3.05, 3.63) is 45.1 Å². The molecule has 0 aromatic heterocycles. The molecular weight excluding hydrogens is 344 g/mol. The molecule has 25 heavy (non-hydrogen) atoms. The van der Waals surface area contributed by atoms with Gasteiger partial charge in [-0.05, 0) is 44.6 Å². The first kappa shape index (κ1) is 18.7. The Labute approximate surface area is 150 Å². The monoisotopic (exact) mass is 364 g/mol. The lowest BCUT2D eigenvalue weighted by atomic mass is 9.94. The van der Waals surface area contributed by atoms with E-state index in [1.54, 1.807) is 11.8 Å². The Hall–Kier alpha value is -2.68. The molecule has 3 N–H and O–H groups in total. The van der Waals surface area contributed by atoms with E-state index < -0.39 is 22.4 Å². The number of nitrogens with zero attached hydrogens (tertiary/aromatic N) is 2. The summed E-state index contributed by atoms with van der Waals surface area (Å²) >= 11 is 5.17. The highest BCUT2D eigenvalue weighted by Gasteiger charge is 2.33. The van der Waals surface area contributed by atoms with Gasteiger partial charge in [-0.15, -0.1) is 0 Å². The molecule has 8 nitrogen and oxygen atoms in total. The Morgan fingerprint density at radius 1 is 1.40 bits per heavy atom. The number of aromatic hydroxyl groups is 1. The van der Waals surface area contributed by atoms with Gasteiger partial charge in [0.2, 0.25) is 0 Å². The number of carbonyl (C=O) groups is 1. The Kier molecular flexibility index (Phi) is 5.58. The van der Waals surface area contributed by atoms with Crippen LogP contribution in [0.25, 0.3) is 0 Å². The van der Waals surface area contributed by atoms with Gasteiger partial charge in [0.15, 0.2) is 10.9 Å². The number of hydrogen-bond donors (Lipinski definition) is 3. The minimum atomic E-state index is -0.666. The molecule has 1 aliphatic rings. The number of carbonyl (C=O) groups excluding carboxylic acids is 1. The van der Waals surface area contributed by atoms with Crippen LogP contribution >= 0.6 is 12.2 Å². The van der Waals surface area contributed by atoms with Gasteiger partial charge in [0.25, 0.3) is 5.91 Å². The van der Waals surface area contributed by atoms with Crippen molar-refractivity contribution in [2.75, 3.05) is 13.1 Å². The van der Waals surface area contributed by atoms with E-state index in [1.165, 1.54) is 18.2 Å². The SMILES string of the molecule is CCN(CC)C(=O)C1=C(C)NC(=S)N[C@@H]1c1ccc(O)c([N+](=O)[O-])c1. The van der Waals surface area contributed by atoms with Crippen molar-refractivity contribution < 1.29 is 14.8 Å². The highest BCUT2D eigenvalue weighted by atomic mass is 32.1. The molecule has 0 radical (unpaired) electrons. The van der Waals surface area contributed by atoms with Gasteiger partial charge in [-0.25, -0.2) is 0 Å². The number of benzene rings is 1. The molecule has 1 heterocycles. The van der Waals surface area contributed by atoms with Gasteiger partial charge >= 0.3 is 5.69 Å². The first-order chi connectivity index (χ1) is 11.8. The van der Waals surface area contributed by atoms with Crippen LogP contribution in [0.15, 0.2) is 29.5 Å². The lowest BCUT2D eigenvalue weighted by Gasteiger charge is -2.33. The topological polar surface area (TPSA) is 108 Å². The molecule has 134 valence electrons. The number of amides is 1. The van der Waals surface area contributed by atoms with E-state index in [4.69, 9.17) is 12.2 Å². The van der Waals surface area contributed by atoms with Crippen LogP contribution in [0.2, 0.25) is 0 Å². The lowest BCUT2D eigenvalue weighted by molar-refractivity contribution is -0.385. The molecule has 0 spiro atoms. The minimum Gasteiger partial charge on any atom is -0.502 e. The molecule has 0 bridgehead atoms. The van der Waals surface area contributed by atoms with Crippen molar-refractivity contribution in [3.63, 3.8) is 0 Å². The highest BCUT2D eigenvalue weighted by Crippen LogP contribution is 2.33. The number of allylic oxidation sites excluding steroid dienone is 1. The zero-order chi connectivity index (χ0) is 18.7. The summed E-state index contributed by atoms with van der Waals surface area (Å²) in [5.74, 6) is -0.603. The number of nitro benzene ring substituents is 1. The Morgan fingerprint density at radius 3 is 2.60 bits per heavy atom. The normalized spacial score (nSPS) is 16.9. The molecule has 1 amide bonds. The molecule has 1 aliphatic heterocycles. The fraction of sp³-hybridized carbons (Fsp3) is 0.375. The Morgan fingerprint density at radius 2 is 2.04 bits per heavy atom. The van der Waals surface area contributed by atoms with E-state index in [-0.39, 0.29) is 5.91 Å². The third-order valence-electron chi connectivity index (χ3n) is 4.08. The van der Waals surface area contributed by atoms with Gasteiger partial charge < -0.3 is 20.6 Å². The fourth-order valence-electron chi connectivity index (χ4n) is 2.77. The number of likely N-dealkylation sites (N-methyl/N-ethyl adjacent to an activating group) is 1. The Balaban J connectivity index is 2.55. The van der Waals surface area contributed by atoms with Crippen molar-refractivity contribution in [1.82, 2.24) is 15.5 Å². The number of hydrogen-bond acceptors (Lipinski definition) is 5. The zero-order valence-corrected chi connectivity index (χ0v) is 15.0. The van der Waals surface area contributed by atoms with Crippen LogP contribution in [0.1, 0.15) is 32.4 Å². The van der Waals surface area contributed by atoms with E-state index in [9.17, 15) is 20.0 Å². The van der Waals surface area contributed by atoms with E-state index in [2.05, 4.69) is 10.6 Å². The molecule has 0 unspecified atom stereocenters. The van der Waals surface area contributed by atoms with Gasteiger partial charge in [0.1, 0.15) is 0 Å². The maximum Gasteiger partial charge on any atom is 0.311 e. The smallest absolute Gasteiger partial charge is 0.311 e. The number of nitro groups is 1. The standard InChI is InChI=1S/C16H20N4O4S/c1-4-19(5-2)15(22)13-9(3)17-16(25)18-14(13)10-6-7-12(21)11(8-10)20(23)24/h6-8,14,21H,4-5H2,1-3H3,(H2,17,18,25)/t14-/m1/s1. The van der Waals surface area contributed by atoms with Crippen molar-refractivity contribution in [2.24, 2.45) is 0 Å². The van der Waals surface area contributed by atoms with Crippen LogP contribution in [-0.2, 0) is 4.79 Å². The second-order valence-corrected chi connectivity index (χ2v) is 5.96. The van der Waals surface area contributed by atoms with E-state index in [1.807, 2.05) is 13.8 Å². The second kappa shape index (κ2) is 7.47. The number of rotatable bonds is 5. The van der Waals surface area contributed by atoms with E-state index >= 15 is 0 Å². The van der Waals surface area contributed by atoms with Gasteiger partial charge in [0.05, 0.1) is 16.5 Å². The summed E-state index contributed by atoms with van der Waals surface area (Å²) in [6, 6.07) is 3.40. The number of phenolic OH excluding ortho intramolecular Hbond substituents is 1. The minimum absolute atomic E-state index is 0.175. The average Bonchev–Trinajstić information content (AvgIpc) is 2.55. The molecule has 1 aromatic carbocycles. The summed E-state index contributed by atoms with van der Waals surface area (Å²) < 4.78 is 0. The number of phenols is 1. The molecule has 1 atom stereocenters. The molecule has 0 aliphatic carbocycles. The van der Waals surface area contributed by atoms with Crippen molar-refractivity contribution in [1.29, 1.82) is 0 Å². The predicted molar refractivity (Wildman–Crippen MR) is 97.0 cm³/mol. The number of thiocarbonyl (C=S) groups is 1. The zero-order valence-electron chi connectivity index (χ0n) is 14.2. The molecule has 1 aromatic rings. The highest BCUT2D eigenvalue weighted by molar-refractivity contribution is 7.80.